The second-order valence-electron chi connectivity index (χ2n) is 9.04. The van der Waals surface area contributed by atoms with Crippen LogP contribution in [0.15, 0.2) is 58.2 Å². The van der Waals surface area contributed by atoms with E-state index in [-0.39, 0.29) is 12.5 Å². The highest BCUT2D eigenvalue weighted by atomic mass is 16.5. The van der Waals surface area contributed by atoms with Crippen LogP contribution in [-0.4, -0.2) is 39.4 Å². The summed E-state index contributed by atoms with van der Waals surface area (Å²) < 4.78 is 12.5. The largest absolute Gasteiger partial charge is 0.488 e. The third-order valence-corrected chi connectivity index (χ3v) is 7.18. The Labute approximate surface area is 196 Å². The minimum atomic E-state index is -1.58. The predicted molar refractivity (Wildman–Crippen MR) is 128 cm³/mol. The van der Waals surface area contributed by atoms with Gasteiger partial charge in [-0.2, -0.15) is 0 Å². The van der Waals surface area contributed by atoms with Crippen molar-refractivity contribution in [2.24, 2.45) is 5.92 Å². The fraction of sp³-hybridized carbons (Fsp3) is 0.200. The maximum atomic E-state index is 9.97. The van der Waals surface area contributed by atoms with E-state index in [0.29, 0.717) is 28.2 Å². The zero-order valence-corrected chi connectivity index (χ0v) is 18.4. The van der Waals surface area contributed by atoms with E-state index in [2.05, 4.69) is 6.92 Å². The van der Waals surface area contributed by atoms with Gasteiger partial charge in [-0.1, -0.05) is 36.4 Å². The van der Waals surface area contributed by atoms with Gasteiger partial charge in [0.15, 0.2) is 0 Å². The summed E-state index contributed by atoms with van der Waals surface area (Å²) in [5.74, 6) is 2.70. The quantitative estimate of drug-likeness (QED) is 0.371. The molecule has 5 N–H and O–H groups in total. The van der Waals surface area contributed by atoms with Gasteiger partial charge in [0.25, 0.3) is 0 Å². The van der Waals surface area contributed by atoms with Crippen LogP contribution in [0.4, 0.5) is 0 Å². The van der Waals surface area contributed by atoms with Crippen LogP contribution < -0.4 is 15.7 Å². The minimum Gasteiger partial charge on any atom is -0.458 e. The summed E-state index contributed by atoms with van der Waals surface area (Å²) in [5.41, 5.74) is 7.61. The van der Waals surface area contributed by atoms with Crippen molar-refractivity contribution in [3.63, 3.8) is 0 Å². The normalized spacial score (nSPS) is 17.9. The lowest BCUT2D eigenvalue weighted by Gasteiger charge is -2.23. The van der Waals surface area contributed by atoms with E-state index in [1.165, 1.54) is 0 Å². The minimum absolute atomic E-state index is 0.196. The van der Waals surface area contributed by atoms with Gasteiger partial charge in [0.05, 0.1) is 0 Å². The molecule has 2 heterocycles. The summed E-state index contributed by atoms with van der Waals surface area (Å²) >= 11 is 0. The van der Waals surface area contributed by atoms with Crippen molar-refractivity contribution in [2.75, 3.05) is 0 Å². The van der Waals surface area contributed by atoms with Gasteiger partial charge in [0.2, 0.25) is 0 Å². The molecule has 0 radical (unpaired) electrons. The average Bonchev–Trinajstić information content (AvgIpc) is 3.47. The molecule has 0 bridgehead atoms. The molecule has 0 spiro atoms. The molecule has 3 aromatic rings. The molecule has 2 aliphatic carbocycles. The Morgan fingerprint density at radius 1 is 0.941 bits per heavy atom. The first-order chi connectivity index (χ1) is 16.4. The van der Waals surface area contributed by atoms with Gasteiger partial charge in [-0.3, -0.25) is 0 Å². The molecular weight excluding hydrogens is 434 g/mol. The summed E-state index contributed by atoms with van der Waals surface area (Å²) in [5, 5.41) is 48.1. The molecule has 0 saturated carbocycles. The standard InChI is InChI=1S/C25H22B2O7/c1-12-17-7-6-16(27(31)32)10-20(17)33-25-18(12)8-14-9-19-21(11-28)34-24(23(19)22(14)25)13-2-4-15(5-3-13)26(29)30/h2-7,10,14,28-32H,8-9,11H2,1H3/t14-/m0/s1. The average molecular weight is 456 g/mol. The zero-order valence-electron chi connectivity index (χ0n) is 18.4. The Bertz CT molecular complexity index is 1380. The van der Waals surface area contributed by atoms with E-state index in [1.54, 1.807) is 36.4 Å². The van der Waals surface area contributed by atoms with Crippen LogP contribution in [0.3, 0.4) is 0 Å². The smallest absolute Gasteiger partial charge is 0.458 e. The molecule has 6 rings (SSSR count). The van der Waals surface area contributed by atoms with E-state index in [1.807, 2.05) is 6.07 Å². The highest BCUT2D eigenvalue weighted by Gasteiger charge is 2.45. The van der Waals surface area contributed by atoms with Crippen LogP contribution in [-0.2, 0) is 13.0 Å². The van der Waals surface area contributed by atoms with Gasteiger partial charge in [0.1, 0.15) is 29.6 Å². The number of hydrogen-bond acceptors (Lipinski definition) is 7. The Hall–Kier alpha value is -3.07. The molecule has 9 heteroatoms. The van der Waals surface area contributed by atoms with Crippen molar-refractivity contribution >= 4 is 36.3 Å². The number of hydrogen-bond donors (Lipinski definition) is 5. The molecule has 0 unspecified atom stereocenters. The molecule has 0 saturated heterocycles. The van der Waals surface area contributed by atoms with Crippen molar-refractivity contribution < 1.29 is 34.4 Å². The Morgan fingerprint density at radius 3 is 2.32 bits per heavy atom. The molecular formula is C25H22B2O7. The van der Waals surface area contributed by atoms with Crippen LogP contribution >= 0.6 is 0 Å². The van der Waals surface area contributed by atoms with Gasteiger partial charge >= 0.3 is 14.2 Å². The number of furan rings is 1. The molecule has 7 nitrogen and oxygen atoms in total. The summed E-state index contributed by atoms with van der Waals surface area (Å²) in [4.78, 5) is 0. The summed E-state index contributed by atoms with van der Waals surface area (Å²) in [6, 6.07) is 12.0. The molecule has 1 aliphatic heterocycles. The number of ether oxygens (including phenoxy) is 1. The summed E-state index contributed by atoms with van der Waals surface area (Å²) in [6.07, 6.45) is 1.55. The third-order valence-electron chi connectivity index (χ3n) is 7.18. The second kappa shape index (κ2) is 7.73. The van der Waals surface area contributed by atoms with Crippen molar-refractivity contribution in [3.05, 3.63) is 76.2 Å². The molecule has 1 atom stereocenters. The Morgan fingerprint density at radius 2 is 1.65 bits per heavy atom. The van der Waals surface area contributed by atoms with Gasteiger partial charge in [-0.15, -0.1) is 0 Å². The number of allylic oxidation sites excluding steroid dienone is 3. The van der Waals surface area contributed by atoms with Crippen LogP contribution in [0.1, 0.15) is 35.8 Å². The number of benzene rings is 2. The number of aliphatic hydroxyl groups is 1. The van der Waals surface area contributed by atoms with Gasteiger partial charge in [-0.25, -0.2) is 0 Å². The molecule has 34 heavy (non-hydrogen) atoms. The van der Waals surface area contributed by atoms with Gasteiger partial charge in [0, 0.05) is 27.8 Å². The molecule has 3 aliphatic rings. The first kappa shape index (κ1) is 21.5. The van der Waals surface area contributed by atoms with Crippen molar-refractivity contribution in [2.45, 2.75) is 26.4 Å². The van der Waals surface area contributed by atoms with E-state index < -0.39 is 14.2 Å². The highest BCUT2D eigenvalue weighted by Crippen LogP contribution is 2.57. The van der Waals surface area contributed by atoms with Crippen LogP contribution in [0.5, 0.6) is 5.75 Å². The maximum Gasteiger partial charge on any atom is 0.488 e. The predicted octanol–water partition coefficient (Wildman–Crippen LogP) is 0.952. The second-order valence-corrected chi connectivity index (χ2v) is 9.04. The first-order valence-electron chi connectivity index (χ1n) is 11.2. The zero-order chi connectivity index (χ0) is 23.7. The number of aliphatic hydroxyl groups excluding tert-OH is 1. The molecule has 0 fully saturated rings. The van der Waals surface area contributed by atoms with Crippen molar-refractivity contribution in [3.8, 4) is 17.1 Å². The van der Waals surface area contributed by atoms with E-state index in [9.17, 15) is 25.2 Å². The summed E-state index contributed by atoms with van der Waals surface area (Å²) in [7, 11) is -3.14. The molecule has 170 valence electrons. The van der Waals surface area contributed by atoms with Crippen molar-refractivity contribution in [1.82, 2.24) is 0 Å². The van der Waals surface area contributed by atoms with Crippen LogP contribution in [0.25, 0.3) is 22.5 Å². The van der Waals surface area contributed by atoms with Gasteiger partial charge < -0.3 is 34.4 Å². The number of fused-ring (bicyclic) bond motifs is 5. The molecule has 2 aromatic carbocycles. The van der Waals surface area contributed by atoms with Gasteiger partial charge in [-0.05, 0) is 53.8 Å². The monoisotopic (exact) mass is 456 g/mol. The van der Waals surface area contributed by atoms with Crippen LogP contribution in [0.2, 0.25) is 0 Å². The maximum absolute atomic E-state index is 9.97. The van der Waals surface area contributed by atoms with Crippen LogP contribution in [0, 0.1) is 5.92 Å². The topological polar surface area (TPSA) is 124 Å². The van der Waals surface area contributed by atoms with Crippen molar-refractivity contribution in [1.29, 1.82) is 0 Å². The molecule has 0 amide bonds. The molecule has 1 aromatic heterocycles. The highest BCUT2D eigenvalue weighted by molar-refractivity contribution is 6.59. The van der Waals surface area contributed by atoms with E-state index in [0.717, 1.165) is 57.6 Å². The SMILES string of the molecule is CC1=C2C[C@H]3Cc4c(CO)oc(-c5ccc(B(O)O)cc5)c4C3=C2Oc2cc(B(O)O)ccc21. The first-order valence-corrected chi connectivity index (χ1v) is 11.2. The number of rotatable bonds is 4. The lowest BCUT2D eigenvalue weighted by Crippen LogP contribution is -2.30. The Balaban J connectivity index is 1.52. The van der Waals surface area contributed by atoms with E-state index >= 15 is 0 Å². The van der Waals surface area contributed by atoms with E-state index in [4.69, 9.17) is 9.15 Å². The lowest BCUT2D eigenvalue weighted by atomic mass is 9.79. The fourth-order valence-corrected chi connectivity index (χ4v) is 5.48. The third kappa shape index (κ3) is 3.06. The summed E-state index contributed by atoms with van der Waals surface area (Å²) in [6.45, 7) is 1.84. The Kier molecular flexibility index (Phi) is 4.88. The fourth-order valence-electron chi connectivity index (χ4n) is 5.48. The lowest BCUT2D eigenvalue weighted by molar-refractivity contribution is 0.246.